The van der Waals surface area contributed by atoms with Gasteiger partial charge in [-0.3, -0.25) is 14.7 Å². The van der Waals surface area contributed by atoms with Gasteiger partial charge >= 0.3 is 0 Å². The summed E-state index contributed by atoms with van der Waals surface area (Å²) in [7, 11) is -1.18. The molecule has 0 aliphatic heterocycles. The van der Waals surface area contributed by atoms with E-state index in [2.05, 4.69) is 40.4 Å². The van der Waals surface area contributed by atoms with E-state index in [1.165, 1.54) is 0 Å². The van der Waals surface area contributed by atoms with Gasteiger partial charge in [0.1, 0.15) is 0 Å². The number of sulfonamides is 1. The number of fused-ring (bicyclic) bond motifs is 1. The number of benzene rings is 1. The minimum atomic E-state index is -3.12. The van der Waals surface area contributed by atoms with Crippen LogP contribution in [0.1, 0.15) is 49.8 Å². The van der Waals surface area contributed by atoms with Gasteiger partial charge in [-0.25, -0.2) is 12.7 Å². The lowest BCUT2D eigenvalue weighted by Gasteiger charge is -2.19. The van der Waals surface area contributed by atoms with Gasteiger partial charge in [0.2, 0.25) is 10.0 Å². The first-order valence-corrected chi connectivity index (χ1v) is 12.9. The average molecular weight is 466 g/mol. The van der Waals surface area contributed by atoms with Crippen molar-refractivity contribution in [3.63, 3.8) is 0 Å². The fourth-order valence-electron chi connectivity index (χ4n) is 3.92. The standard InChI is InChI=1S/C25H31N5O2S/c1-4-30(33(31,32)23-10-11-23)15-5-13-27-19(2)24-18-26-14-12-21(24)8-6-20-7-9-22-17-28-29(3)25(22)16-20/h6-9,12,14,16-18,23H,4-5,10-11,13,15H2,1-3H3. The van der Waals surface area contributed by atoms with Crippen LogP contribution in [0, 0.1) is 0 Å². The Hall–Kier alpha value is -2.84. The summed E-state index contributed by atoms with van der Waals surface area (Å²) in [5.74, 6) is 0. The largest absolute Gasteiger partial charge is 0.289 e. The molecule has 1 aromatic carbocycles. The molecule has 33 heavy (non-hydrogen) atoms. The summed E-state index contributed by atoms with van der Waals surface area (Å²) in [5.41, 5.74) is 5.11. The normalized spacial score (nSPS) is 15.2. The SMILES string of the molecule is CCN(CCCN=C(C)c1cnccc1C=Cc1ccc2cnn(C)c2c1)S(=O)(=O)C1CC1. The Bertz CT molecular complexity index is 1290. The molecule has 0 bridgehead atoms. The number of aliphatic imine (C=N–C) groups is 1. The number of hydrogen-bond donors (Lipinski definition) is 0. The first kappa shape index (κ1) is 23.3. The van der Waals surface area contributed by atoms with E-state index in [1.54, 1.807) is 10.5 Å². The van der Waals surface area contributed by atoms with Crippen molar-refractivity contribution in [3.8, 4) is 0 Å². The molecule has 174 valence electrons. The highest BCUT2D eigenvalue weighted by atomic mass is 32.2. The second-order valence-electron chi connectivity index (χ2n) is 8.44. The van der Waals surface area contributed by atoms with Crippen LogP contribution in [-0.2, 0) is 17.1 Å². The van der Waals surface area contributed by atoms with E-state index in [0.29, 0.717) is 26.1 Å². The molecule has 7 nitrogen and oxygen atoms in total. The Labute approximate surface area is 195 Å². The van der Waals surface area contributed by atoms with E-state index in [1.807, 2.05) is 44.0 Å². The fourth-order valence-corrected chi connectivity index (χ4v) is 5.82. The maximum absolute atomic E-state index is 12.5. The number of hydrogen-bond acceptors (Lipinski definition) is 5. The third-order valence-electron chi connectivity index (χ3n) is 6.05. The molecule has 8 heteroatoms. The lowest BCUT2D eigenvalue weighted by Crippen LogP contribution is -2.34. The number of rotatable bonds is 10. The Morgan fingerprint density at radius 2 is 2.06 bits per heavy atom. The van der Waals surface area contributed by atoms with E-state index >= 15 is 0 Å². The maximum atomic E-state index is 12.5. The monoisotopic (exact) mass is 465 g/mol. The summed E-state index contributed by atoms with van der Waals surface area (Å²) in [5, 5.41) is 5.26. The molecular formula is C25H31N5O2S. The molecule has 0 saturated heterocycles. The average Bonchev–Trinajstić information content (AvgIpc) is 3.62. The second kappa shape index (κ2) is 9.97. The van der Waals surface area contributed by atoms with Gasteiger partial charge in [-0.15, -0.1) is 0 Å². The molecule has 2 heterocycles. The number of pyridine rings is 1. The minimum absolute atomic E-state index is 0.161. The van der Waals surface area contributed by atoms with Gasteiger partial charge in [0.05, 0.1) is 17.0 Å². The predicted octanol–water partition coefficient (Wildman–Crippen LogP) is 4.15. The van der Waals surface area contributed by atoms with Gasteiger partial charge < -0.3 is 0 Å². The molecule has 0 spiro atoms. The van der Waals surface area contributed by atoms with Gasteiger partial charge in [0, 0.05) is 55.7 Å². The highest BCUT2D eigenvalue weighted by Crippen LogP contribution is 2.30. The zero-order valence-corrected chi connectivity index (χ0v) is 20.3. The highest BCUT2D eigenvalue weighted by Gasteiger charge is 2.39. The van der Waals surface area contributed by atoms with Crippen molar-refractivity contribution >= 4 is 38.8 Å². The fraction of sp³-hybridized carbons (Fsp3) is 0.400. The van der Waals surface area contributed by atoms with Crippen molar-refractivity contribution < 1.29 is 8.42 Å². The van der Waals surface area contributed by atoms with Crippen LogP contribution in [0.15, 0.2) is 47.8 Å². The quantitative estimate of drug-likeness (QED) is 0.333. The predicted molar refractivity (Wildman–Crippen MR) is 135 cm³/mol. The molecular weight excluding hydrogens is 434 g/mol. The first-order valence-electron chi connectivity index (χ1n) is 11.4. The molecule has 1 aliphatic carbocycles. The third kappa shape index (κ3) is 5.39. The van der Waals surface area contributed by atoms with Crippen LogP contribution < -0.4 is 0 Å². The van der Waals surface area contributed by atoms with Crippen LogP contribution in [0.5, 0.6) is 0 Å². The summed E-state index contributed by atoms with van der Waals surface area (Å²) < 4.78 is 28.4. The van der Waals surface area contributed by atoms with Crippen molar-refractivity contribution in [1.82, 2.24) is 19.1 Å². The molecule has 2 aromatic heterocycles. The molecule has 1 fully saturated rings. The van der Waals surface area contributed by atoms with E-state index in [0.717, 1.165) is 46.1 Å². The zero-order valence-electron chi connectivity index (χ0n) is 19.5. The summed E-state index contributed by atoms with van der Waals surface area (Å²) in [6, 6.07) is 8.26. The Morgan fingerprint density at radius 3 is 2.82 bits per heavy atom. The molecule has 0 N–H and O–H groups in total. The molecule has 1 saturated carbocycles. The van der Waals surface area contributed by atoms with Crippen LogP contribution in [0.4, 0.5) is 0 Å². The van der Waals surface area contributed by atoms with Gasteiger partial charge in [-0.1, -0.05) is 31.2 Å². The minimum Gasteiger partial charge on any atom is -0.289 e. The first-order chi connectivity index (χ1) is 15.9. The lowest BCUT2D eigenvalue weighted by atomic mass is 10.0. The molecule has 3 aromatic rings. The number of aromatic nitrogens is 3. The van der Waals surface area contributed by atoms with Crippen LogP contribution >= 0.6 is 0 Å². The lowest BCUT2D eigenvalue weighted by molar-refractivity contribution is 0.422. The highest BCUT2D eigenvalue weighted by molar-refractivity contribution is 7.90. The summed E-state index contributed by atoms with van der Waals surface area (Å²) in [4.78, 5) is 9.00. The molecule has 0 radical (unpaired) electrons. The second-order valence-corrected chi connectivity index (χ2v) is 10.7. The third-order valence-corrected chi connectivity index (χ3v) is 8.52. The summed E-state index contributed by atoms with van der Waals surface area (Å²) in [6.07, 6.45) is 11.9. The van der Waals surface area contributed by atoms with Gasteiger partial charge in [0.15, 0.2) is 0 Å². The van der Waals surface area contributed by atoms with E-state index < -0.39 is 10.0 Å². The summed E-state index contributed by atoms with van der Waals surface area (Å²) in [6.45, 7) is 5.49. The van der Waals surface area contributed by atoms with Crippen molar-refractivity contribution in [2.75, 3.05) is 19.6 Å². The Balaban J connectivity index is 1.42. The van der Waals surface area contributed by atoms with E-state index in [-0.39, 0.29) is 5.25 Å². The van der Waals surface area contributed by atoms with Gasteiger partial charge in [0.25, 0.3) is 0 Å². The van der Waals surface area contributed by atoms with Crippen molar-refractivity contribution in [2.45, 2.75) is 38.4 Å². The summed E-state index contributed by atoms with van der Waals surface area (Å²) >= 11 is 0. The Kier molecular flexibility index (Phi) is 7.05. The van der Waals surface area contributed by atoms with Crippen molar-refractivity contribution in [3.05, 3.63) is 59.5 Å². The Morgan fingerprint density at radius 1 is 1.24 bits per heavy atom. The topological polar surface area (TPSA) is 80.5 Å². The van der Waals surface area contributed by atoms with Crippen molar-refractivity contribution in [1.29, 1.82) is 0 Å². The maximum Gasteiger partial charge on any atom is 0.216 e. The van der Waals surface area contributed by atoms with Crippen LogP contribution in [-0.4, -0.2) is 58.1 Å². The van der Waals surface area contributed by atoms with Crippen LogP contribution in [0.2, 0.25) is 0 Å². The molecule has 4 rings (SSSR count). The number of nitrogens with zero attached hydrogens (tertiary/aromatic N) is 5. The number of aryl methyl sites for hydroxylation is 1. The molecule has 0 amide bonds. The molecule has 1 aliphatic rings. The van der Waals surface area contributed by atoms with E-state index in [4.69, 9.17) is 4.99 Å². The van der Waals surface area contributed by atoms with Crippen LogP contribution in [0.3, 0.4) is 0 Å². The molecule has 0 unspecified atom stereocenters. The van der Waals surface area contributed by atoms with Gasteiger partial charge in [-0.05, 0) is 49.4 Å². The van der Waals surface area contributed by atoms with Crippen LogP contribution in [0.25, 0.3) is 23.1 Å². The molecule has 0 atom stereocenters. The van der Waals surface area contributed by atoms with Gasteiger partial charge in [-0.2, -0.15) is 5.10 Å². The van der Waals surface area contributed by atoms with E-state index in [9.17, 15) is 8.42 Å². The smallest absolute Gasteiger partial charge is 0.216 e. The van der Waals surface area contributed by atoms with Crippen molar-refractivity contribution in [2.24, 2.45) is 12.0 Å². The zero-order chi connectivity index (χ0) is 23.4.